The summed E-state index contributed by atoms with van der Waals surface area (Å²) < 4.78 is 0. The molecule has 0 spiro atoms. The van der Waals surface area contributed by atoms with Crippen LogP contribution in [0.3, 0.4) is 0 Å². The summed E-state index contributed by atoms with van der Waals surface area (Å²) in [6, 6.07) is 9.07. The molecule has 1 aromatic carbocycles. The third kappa shape index (κ3) is 3.12. The Balaban J connectivity index is 1.60. The molecule has 2 heterocycles. The Bertz CT molecular complexity index is 459. The van der Waals surface area contributed by atoms with Gasteiger partial charge in [0.1, 0.15) is 0 Å². The van der Waals surface area contributed by atoms with Crippen LogP contribution in [0.25, 0.3) is 0 Å². The fourth-order valence-electron chi connectivity index (χ4n) is 3.09. The minimum Gasteiger partial charge on any atom is -0.371 e. The Labute approximate surface area is 120 Å². The lowest BCUT2D eigenvalue weighted by Gasteiger charge is -2.26. The Hall–Kier alpha value is -1.55. The third-order valence-electron chi connectivity index (χ3n) is 4.29. The zero-order valence-electron chi connectivity index (χ0n) is 11.9. The molecule has 1 unspecified atom stereocenters. The number of nitrogens with zero attached hydrogens (tertiary/aromatic N) is 1. The highest BCUT2D eigenvalue weighted by molar-refractivity contribution is 5.76. The van der Waals surface area contributed by atoms with E-state index in [0.717, 1.165) is 19.5 Å². The van der Waals surface area contributed by atoms with Crippen molar-refractivity contribution in [3.05, 3.63) is 29.8 Å². The minimum absolute atomic E-state index is 0.181. The largest absolute Gasteiger partial charge is 0.371 e. The lowest BCUT2D eigenvalue weighted by Crippen LogP contribution is -2.45. The molecule has 2 aliphatic rings. The number of carbonyl (C=O) groups is 1. The molecule has 0 radical (unpaired) electrons. The molecule has 4 nitrogen and oxygen atoms in total. The number of nitrogens with one attached hydrogen (secondary N) is 2. The van der Waals surface area contributed by atoms with Gasteiger partial charge >= 0.3 is 0 Å². The molecule has 2 fully saturated rings. The van der Waals surface area contributed by atoms with Crippen LogP contribution in [-0.2, 0) is 11.3 Å². The Morgan fingerprint density at radius 2 is 2.05 bits per heavy atom. The van der Waals surface area contributed by atoms with E-state index in [4.69, 9.17) is 0 Å². The normalized spacial score (nSPS) is 22.9. The summed E-state index contributed by atoms with van der Waals surface area (Å²) in [5.74, 6) is 0.181. The lowest BCUT2D eigenvalue weighted by molar-refractivity contribution is -0.122. The van der Waals surface area contributed by atoms with E-state index >= 15 is 0 Å². The van der Waals surface area contributed by atoms with Crippen LogP contribution in [0.15, 0.2) is 24.3 Å². The molecule has 2 aliphatic heterocycles. The first-order valence-electron chi connectivity index (χ1n) is 7.66. The topological polar surface area (TPSA) is 44.4 Å². The first kappa shape index (κ1) is 13.4. The van der Waals surface area contributed by atoms with Gasteiger partial charge in [-0.15, -0.1) is 0 Å². The molecule has 3 rings (SSSR count). The van der Waals surface area contributed by atoms with Crippen molar-refractivity contribution in [2.45, 2.75) is 38.3 Å². The Morgan fingerprint density at radius 3 is 2.80 bits per heavy atom. The summed E-state index contributed by atoms with van der Waals surface area (Å²) in [5.41, 5.74) is 2.74. The number of para-hydroxylation sites is 1. The average molecular weight is 273 g/mol. The summed E-state index contributed by atoms with van der Waals surface area (Å²) in [4.78, 5) is 13.7. The number of anilines is 1. The van der Waals surface area contributed by atoms with Gasteiger partial charge in [-0.05, 0) is 30.9 Å². The zero-order chi connectivity index (χ0) is 13.8. The second-order valence-electron chi connectivity index (χ2n) is 5.74. The third-order valence-corrected chi connectivity index (χ3v) is 4.29. The quantitative estimate of drug-likeness (QED) is 0.877. The van der Waals surface area contributed by atoms with Crippen LogP contribution >= 0.6 is 0 Å². The predicted molar refractivity (Wildman–Crippen MR) is 80.8 cm³/mol. The van der Waals surface area contributed by atoms with E-state index in [1.807, 2.05) is 0 Å². The average Bonchev–Trinajstić information content (AvgIpc) is 3.01. The van der Waals surface area contributed by atoms with E-state index in [1.165, 1.54) is 37.2 Å². The number of hydrogen-bond donors (Lipinski definition) is 2. The van der Waals surface area contributed by atoms with Gasteiger partial charge in [-0.3, -0.25) is 4.79 Å². The van der Waals surface area contributed by atoms with Crippen LogP contribution in [-0.4, -0.2) is 31.6 Å². The van der Waals surface area contributed by atoms with Crippen molar-refractivity contribution in [2.24, 2.45) is 0 Å². The molecule has 0 aromatic heterocycles. The molecule has 0 saturated carbocycles. The van der Waals surface area contributed by atoms with E-state index in [2.05, 4.69) is 39.8 Å². The molecular formula is C16H23N3O. The minimum atomic E-state index is 0.181. The van der Waals surface area contributed by atoms with E-state index in [0.29, 0.717) is 12.5 Å². The zero-order valence-corrected chi connectivity index (χ0v) is 11.9. The van der Waals surface area contributed by atoms with E-state index in [-0.39, 0.29) is 5.91 Å². The summed E-state index contributed by atoms with van der Waals surface area (Å²) in [6.45, 7) is 3.99. The smallest absolute Gasteiger partial charge is 0.220 e. The molecule has 108 valence electrons. The predicted octanol–water partition coefficient (Wildman–Crippen LogP) is 1.66. The maximum absolute atomic E-state index is 11.2. The van der Waals surface area contributed by atoms with Crippen LogP contribution in [0.4, 0.5) is 5.69 Å². The molecule has 1 aromatic rings. The van der Waals surface area contributed by atoms with Gasteiger partial charge in [0.05, 0.1) is 0 Å². The van der Waals surface area contributed by atoms with Gasteiger partial charge in [-0.25, -0.2) is 0 Å². The van der Waals surface area contributed by atoms with Crippen LogP contribution in [0.2, 0.25) is 0 Å². The standard InChI is InChI=1S/C16H23N3O/c20-16-8-7-14(12-18-16)17-11-13-5-1-2-6-15(13)19-9-3-4-10-19/h1-2,5-6,14,17H,3-4,7-12H2,(H,18,20). The summed E-state index contributed by atoms with van der Waals surface area (Å²) in [7, 11) is 0. The van der Waals surface area contributed by atoms with Crippen LogP contribution in [0.1, 0.15) is 31.2 Å². The SMILES string of the molecule is O=C1CCC(NCc2ccccc2N2CCCC2)CN1. The molecule has 2 saturated heterocycles. The molecule has 20 heavy (non-hydrogen) atoms. The lowest BCUT2D eigenvalue weighted by atomic mass is 10.1. The van der Waals surface area contributed by atoms with Gasteiger partial charge in [-0.1, -0.05) is 18.2 Å². The fraction of sp³-hybridized carbons (Fsp3) is 0.562. The highest BCUT2D eigenvalue weighted by atomic mass is 16.1. The molecule has 0 aliphatic carbocycles. The van der Waals surface area contributed by atoms with Crippen LogP contribution in [0.5, 0.6) is 0 Å². The van der Waals surface area contributed by atoms with Gasteiger partial charge in [0.15, 0.2) is 0 Å². The number of benzene rings is 1. The van der Waals surface area contributed by atoms with E-state index < -0.39 is 0 Å². The van der Waals surface area contributed by atoms with E-state index in [1.54, 1.807) is 0 Å². The monoisotopic (exact) mass is 273 g/mol. The first-order chi connectivity index (χ1) is 9.83. The maximum Gasteiger partial charge on any atom is 0.220 e. The summed E-state index contributed by atoms with van der Waals surface area (Å²) >= 11 is 0. The van der Waals surface area contributed by atoms with Crippen molar-refractivity contribution in [1.29, 1.82) is 0 Å². The highest BCUT2D eigenvalue weighted by Crippen LogP contribution is 2.24. The van der Waals surface area contributed by atoms with E-state index in [9.17, 15) is 4.79 Å². The van der Waals surface area contributed by atoms with Gasteiger partial charge in [0, 0.05) is 44.3 Å². The number of amides is 1. The van der Waals surface area contributed by atoms with Gasteiger partial charge in [0.25, 0.3) is 0 Å². The fourth-order valence-corrected chi connectivity index (χ4v) is 3.09. The van der Waals surface area contributed by atoms with Gasteiger partial charge < -0.3 is 15.5 Å². The molecule has 0 bridgehead atoms. The van der Waals surface area contributed by atoms with Crippen molar-refractivity contribution >= 4 is 11.6 Å². The second-order valence-corrected chi connectivity index (χ2v) is 5.74. The Kier molecular flexibility index (Phi) is 4.21. The summed E-state index contributed by atoms with van der Waals surface area (Å²) in [5, 5.41) is 6.51. The van der Waals surface area contributed by atoms with Crippen molar-refractivity contribution in [2.75, 3.05) is 24.5 Å². The Morgan fingerprint density at radius 1 is 1.25 bits per heavy atom. The van der Waals surface area contributed by atoms with Gasteiger partial charge in [-0.2, -0.15) is 0 Å². The first-order valence-corrected chi connectivity index (χ1v) is 7.66. The maximum atomic E-state index is 11.2. The second kappa shape index (κ2) is 6.27. The molecular weight excluding hydrogens is 250 g/mol. The van der Waals surface area contributed by atoms with Crippen molar-refractivity contribution in [3.63, 3.8) is 0 Å². The molecule has 1 atom stereocenters. The van der Waals surface area contributed by atoms with Crippen LogP contribution in [0, 0.1) is 0 Å². The number of piperidine rings is 1. The van der Waals surface area contributed by atoms with Gasteiger partial charge in [0.2, 0.25) is 5.91 Å². The molecule has 1 amide bonds. The summed E-state index contributed by atoms with van der Waals surface area (Å²) in [6.07, 6.45) is 4.19. The number of carbonyl (C=O) groups excluding carboxylic acids is 1. The van der Waals surface area contributed by atoms with Crippen molar-refractivity contribution in [3.8, 4) is 0 Å². The number of rotatable bonds is 4. The van der Waals surface area contributed by atoms with Crippen LogP contribution < -0.4 is 15.5 Å². The molecule has 4 heteroatoms. The molecule has 2 N–H and O–H groups in total. The highest BCUT2D eigenvalue weighted by Gasteiger charge is 2.19. The van der Waals surface area contributed by atoms with Crippen molar-refractivity contribution in [1.82, 2.24) is 10.6 Å². The number of hydrogen-bond acceptors (Lipinski definition) is 3. The van der Waals surface area contributed by atoms with Crippen molar-refractivity contribution < 1.29 is 4.79 Å².